The quantitative estimate of drug-likeness (QED) is 0.794. The highest BCUT2D eigenvalue weighted by Gasteiger charge is 2.22. The van der Waals surface area contributed by atoms with E-state index in [-0.39, 0.29) is 5.54 Å². The van der Waals surface area contributed by atoms with Crippen LogP contribution in [0, 0.1) is 0 Å². The zero-order chi connectivity index (χ0) is 10.9. The molecule has 0 amide bonds. The average molecular weight is 224 g/mol. The summed E-state index contributed by atoms with van der Waals surface area (Å²) in [7, 11) is 1.91. The predicted octanol–water partition coefficient (Wildman–Crippen LogP) is 2.10. The normalized spacial score (nSPS) is 19.8. The monoisotopic (exact) mass is 224 g/mol. The van der Waals surface area contributed by atoms with Crippen LogP contribution in [0.1, 0.15) is 20.3 Å². The molecule has 1 N–H and O–H groups in total. The first kappa shape index (κ1) is 10.5. The number of anilines is 1. The standard InChI is InChI=1S/C10H16N4S/c1-10(2)4-5-15-9(13-10)12-8-6-11-14(3)7-8/h6-7H,4-5H2,1-3H3,(H,12,13). The van der Waals surface area contributed by atoms with E-state index in [0.717, 1.165) is 23.0 Å². The van der Waals surface area contributed by atoms with Gasteiger partial charge >= 0.3 is 0 Å². The molecule has 4 nitrogen and oxygen atoms in total. The van der Waals surface area contributed by atoms with Crippen molar-refractivity contribution in [3.8, 4) is 0 Å². The highest BCUT2D eigenvalue weighted by atomic mass is 32.2. The van der Waals surface area contributed by atoms with Gasteiger partial charge in [-0.2, -0.15) is 5.10 Å². The summed E-state index contributed by atoms with van der Waals surface area (Å²) in [6.45, 7) is 4.33. The number of rotatable bonds is 1. The van der Waals surface area contributed by atoms with Crippen molar-refractivity contribution in [3.05, 3.63) is 12.4 Å². The highest BCUT2D eigenvalue weighted by Crippen LogP contribution is 2.26. The van der Waals surface area contributed by atoms with Gasteiger partial charge in [0.25, 0.3) is 0 Å². The Balaban J connectivity index is 2.09. The van der Waals surface area contributed by atoms with E-state index in [1.165, 1.54) is 0 Å². The Labute approximate surface area is 94.2 Å². The van der Waals surface area contributed by atoms with E-state index >= 15 is 0 Å². The van der Waals surface area contributed by atoms with Crippen molar-refractivity contribution in [2.75, 3.05) is 11.1 Å². The SMILES string of the molecule is Cn1cc(NC2=NC(C)(C)CCS2)cn1. The number of thioether (sulfide) groups is 1. The molecule has 1 aliphatic rings. The summed E-state index contributed by atoms with van der Waals surface area (Å²) in [5.74, 6) is 1.12. The van der Waals surface area contributed by atoms with Crippen molar-refractivity contribution < 1.29 is 0 Å². The van der Waals surface area contributed by atoms with Gasteiger partial charge in [-0.15, -0.1) is 0 Å². The van der Waals surface area contributed by atoms with E-state index < -0.39 is 0 Å². The Morgan fingerprint density at radius 2 is 2.33 bits per heavy atom. The number of nitrogens with one attached hydrogen (secondary N) is 1. The van der Waals surface area contributed by atoms with Crippen LogP contribution < -0.4 is 5.32 Å². The number of aromatic nitrogens is 2. The van der Waals surface area contributed by atoms with Gasteiger partial charge in [-0.25, -0.2) is 0 Å². The van der Waals surface area contributed by atoms with Crippen LogP contribution in [0.5, 0.6) is 0 Å². The molecule has 0 unspecified atom stereocenters. The molecule has 15 heavy (non-hydrogen) atoms. The molecule has 0 fully saturated rings. The van der Waals surface area contributed by atoms with Crippen LogP contribution in [-0.4, -0.2) is 26.2 Å². The summed E-state index contributed by atoms with van der Waals surface area (Å²) < 4.78 is 1.78. The third kappa shape index (κ3) is 2.75. The largest absolute Gasteiger partial charge is 0.332 e. The number of amidine groups is 1. The molecule has 0 aliphatic carbocycles. The minimum Gasteiger partial charge on any atom is -0.332 e. The minimum absolute atomic E-state index is 0.0653. The number of aryl methyl sites for hydroxylation is 1. The van der Waals surface area contributed by atoms with Crippen molar-refractivity contribution in [1.29, 1.82) is 0 Å². The Morgan fingerprint density at radius 3 is 2.93 bits per heavy atom. The fourth-order valence-corrected chi connectivity index (χ4v) is 2.73. The Kier molecular flexibility index (Phi) is 2.73. The fraction of sp³-hybridized carbons (Fsp3) is 0.600. The van der Waals surface area contributed by atoms with Crippen LogP contribution >= 0.6 is 11.8 Å². The second-order valence-corrected chi connectivity index (χ2v) is 5.44. The van der Waals surface area contributed by atoms with Gasteiger partial charge < -0.3 is 5.32 Å². The summed E-state index contributed by atoms with van der Waals surface area (Å²) in [5, 5.41) is 8.39. The van der Waals surface area contributed by atoms with Gasteiger partial charge in [0.2, 0.25) is 0 Å². The Morgan fingerprint density at radius 1 is 1.53 bits per heavy atom. The van der Waals surface area contributed by atoms with Crippen LogP contribution in [-0.2, 0) is 7.05 Å². The molecule has 2 rings (SSSR count). The number of nitrogens with zero attached hydrogens (tertiary/aromatic N) is 3. The first-order valence-electron chi connectivity index (χ1n) is 5.03. The second kappa shape index (κ2) is 3.89. The Bertz CT molecular complexity index is 381. The van der Waals surface area contributed by atoms with Gasteiger partial charge in [0.15, 0.2) is 5.17 Å². The molecule has 0 spiro atoms. The molecule has 1 aromatic rings. The van der Waals surface area contributed by atoms with Crippen LogP contribution in [0.15, 0.2) is 17.4 Å². The molecule has 1 aliphatic heterocycles. The van der Waals surface area contributed by atoms with E-state index in [9.17, 15) is 0 Å². The van der Waals surface area contributed by atoms with Crippen LogP contribution in [0.4, 0.5) is 5.69 Å². The smallest absolute Gasteiger partial charge is 0.161 e. The lowest BCUT2D eigenvalue weighted by atomic mass is 10.0. The molecule has 0 aromatic carbocycles. The molecule has 0 bridgehead atoms. The summed E-state index contributed by atoms with van der Waals surface area (Å²) in [6, 6.07) is 0. The van der Waals surface area contributed by atoms with E-state index in [1.54, 1.807) is 16.4 Å². The maximum absolute atomic E-state index is 4.65. The first-order chi connectivity index (χ1) is 7.05. The van der Waals surface area contributed by atoms with Crippen molar-refractivity contribution in [2.45, 2.75) is 25.8 Å². The number of aliphatic imine (C=N–C) groups is 1. The van der Waals surface area contributed by atoms with Gasteiger partial charge in [0.05, 0.1) is 17.4 Å². The summed E-state index contributed by atoms with van der Waals surface area (Å²) in [4.78, 5) is 4.65. The van der Waals surface area contributed by atoms with E-state index in [0.29, 0.717) is 0 Å². The summed E-state index contributed by atoms with van der Waals surface area (Å²) >= 11 is 1.77. The summed E-state index contributed by atoms with van der Waals surface area (Å²) in [5.41, 5.74) is 1.07. The van der Waals surface area contributed by atoms with Crippen molar-refractivity contribution in [2.24, 2.45) is 12.0 Å². The first-order valence-corrected chi connectivity index (χ1v) is 6.02. The lowest BCUT2D eigenvalue weighted by Crippen LogP contribution is -2.27. The fourth-order valence-electron chi connectivity index (χ4n) is 1.43. The predicted molar refractivity (Wildman–Crippen MR) is 65.4 cm³/mol. The zero-order valence-corrected chi connectivity index (χ0v) is 10.1. The molecule has 0 saturated carbocycles. The molecular weight excluding hydrogens is 208 g/mol. The minimum atomic E-state index is 0.0653. The lowest BCUT2D eigenvalue weighted by molar-refractivity contribution is 0.507. The Hall–Kier alpha value is -0.970. The molecule has 1 aromatic heterocycles. The van der Waals surface area contributed by atoms with E-state index in [4.69, 9.17) is 0 Å². The lowest BCUT2D eigenvalue weighted by Gasteiger charge is -2.26. The van der Waals surface area contributed by atoms with E-state index in [1.807, 2.05) is 19.4 Å². The maximum Gasteiger partial charge on any atom is 0.161 e. The molecule has 5 heteroatoms. The molecule has 0 radical (unpaired) electrons. The van der Waals surface area contributed by atoms with Gasteiger partial charge in [-0.05, 0) is 20.3 Å². The number of hydrogen-bond acceptors (Lipinski definition) is 4. The van der Waals surface area contributed by atoms with Gasteiger partial charge in [0.1, 0.15) is 0 Å². The molecule has 0 atom stereocenters. The third-order valence-corrected chi connectivity index (χ3v) is 3.19. The van der Waals surface area contributed by atoms with Crippen LogP contribution in [0.2, 0.25) is 0 Å². The van der Waals surface area contributed by atoms with Crippen molar-refractivity contribution >= 4 is 22.6 Å². The van der Waals surface area contributed by atoms with Crippen LogP contribution in [0.3, 0.4) is 0 Å². The summed E-state index contributed by atoms with van der Waals surface area (Å²) in [6.07, 6.45) is 4.89. The second-order valence-electron chi connectivity index (χ2n) is 4.36. The highest BCUT2D eigenvalue weighted by molar-refractivity contribution is 8.14. The molecule has 0 saturated heterocycles. The van der Waals surface area contributed by atoms with Gasteiger partial charge in [-0.3, -0.25) is 9.67 Å². The average Bonchev–Trinajstić information content (AvgIpc) is 2.49. The molecule has 82 valence electrons. The number of hydrogen-bond donors (Lipinski definition) is 1. The van der Waals surface area contributed by atoms with Crippen molar-refractivity contribution in [1.82, 2.24) is 9.78 Å². The van der Waals surface area contributed by atoms with Gasteiger partial charge in [-0.1, -0.05) is 11.8 Å². The molecule has 2 heterocycles. The maximum atomic E-state index is 4.65. The van der Waals surface area contributed by atoms with E-state index in [2.05, 4.69) is 29.3 Å². The van der Waals surface area contributed by atoms with Gasteiger partial charge in [0, 0.05) is 19.0 Å². The molecular formula is C10H16N4S. The van der Waals surface area contributed by atoms with Crippen molar-refractivity contribution in [3.63, 3.8) is 0 Å². The topological polar surface area (TPSA) is 42.2 Å². The van der Waals surface area contributed by atoms with Crippen LogP contribution in [0.25, 0.3) is 0 Å². The zero-order valence-electron chi connectivity index (χ0n) is 9.32. The third-order valence-electron chi connectivity index (χ3n) is 2.31.